The average molecular weight is 323 g/mol. The van der Waals surface area contributed by atoms with Crippen LogP contribution in [0.2, 0.25) is 0 Å². The molecule has 0 saturated heterocycles. The van der Waals surface area contributed by atoms with Crippen LogP contribution in [-0.2, 0) is 10.2 Å². The second-order valence-electron chi connectivity index (χ2n) is 6.00. The molecule has 0 aliphatic carbocycles. The molecule has 2 rings (SSSR count). The molecule has 0 aliphatic heterocycles. The first-order chi connectivity index (χ1) is 11.4. The Balaban J connectivity index is 0.00000139. The third kappa shape index (κ3) is 5.55. The summed E-state index contributed by atoms with van der Waals surface area (Å²) in [5, 5.41) is 0. The van der Waals surface area contributed by atoms with Gasteiger partial charge in [-0.05, 0) is 35.2 Å². The third-order valence-corrected chi connectivity index (χ3v) is 3.26. The van der Waals surface area contributed by atoms with E-state index in [2.05, 4.69) is 54.5 Å². The minimum Gasteiger partial charge on any atom is -0.464 e. The highest BCUT2D eigenvalue weighted by molar-refractivity contribution is 5.87. The Morgan fingerprint density at radius 2 is 1.58 bits per heavy atom. The van der Waals surface area contributed by atoms with Gasteiger partial charge in [0, 0.05) is 17.3 Å². The summed E-state index contributed by atoms with van der Waals surface area (Å²) < 4.78 is 4.65. The lowest BCUT2D eigenvalue weighted by Crippen LogP contribution is -2.10. The molecule has 24 heavy (non-hydrogen) atoms. The number of carbonyl (C=O) groups excluding carboxylic acids is 1. The minimum atomic E-state index is -0.460. The molecule has 0 amide bonds. The highest BCUT2D eigenvalue weighted by atomic mass is 16.5. The van der Waals surface area contributed by atoms with Gasteiger partial charge in [0.15, 0.2) is 0 Å². The standard InChI is InChI=1S/C19H19NO2.C2H6/c1-19(2,3)16-9-7-14(8-10-16)5-6-15-11-12-20-17(13-15)18(21)22-4;1-2/h7-13H,1-4H3;1-2H3. The maximum Gasteiger partial charge on any atom is 0.356 e. The van der Waals surface area contributed by atoms with Crippen LogP contribution in [0.25, 0.3) is 0 Å². The Hall–Kier alpha value is -2.60. The number of esters is 1. The quantitative estimate of drug-likeness (QED) is 0.569. The molecule has 1 heterocycles. The van der Waals surface area contributed by atoms with Crippen molar-refractivity contribution in [1.29, 1.82) is 0 Å². The molecule has 0 fully saturated rings. The van der Waals surface area contributed by atoms with E-state index in [9.17, 15) is 4.79 Å². The molecule has 3 nitrogen and oxygen atoms in total. The van der Waals surface area contributed by atoms with Gasteiger partial charge in [-0.2, -0.15) is 0 Å². The van der Waals surface area contributed by atoms with Crippen molar-refractivity contribution in [3.63, 3.8) is 0 Å². The normalized spacial score (nSPS) is 9.92. The van der Waals surface area contributed by atoms with Crippen molar-refractivity contribution in [1.82, 2.24) is 4.98 Å². The molecule has 3 heteroatoms. The van der Waals surface area contributed by atoms with Gasteiger partial charge >= 0.3 is 5.97 Å². The number of aromatic nitrogens is 1. The molecule has 126 valence electrons. The molecular formula is C21H25NO2. The van der Waals surface area contributed by atoms with Gasteiger partial charge in [0.25, 0.3) is 0 Å². The summed E-state index contributed by atoms with van der Waals surface area (Å²) >= 11 is 0. The molecule has 0 saturated carbocycles. The lowest BCUT2D eigenvalue weighted by molar-refractivity contribution is 0.0594. The number of rotatable bonds is 1. The summed E-state index contributed by atoms with van der Waals surface area (Å²) in [4.78, 5) is 15.4. The van der Waals surface area contributed by atoms with Gasteiger partial charge in [-0.1, -0.05) is 58.6 Å². The molecule has 0 aliphatic rings. The number of benzene rings is 1. The van der Waals surface area contributed by atoms with Gasteiger partial charge in [0.05, 0.1) is 7.11 Å². The molecule has 1 aromatic carbocycles. The first-order valence-corrected chi connectivity index (χ1v) is 8.07. The number of methoxy groups -OCH3 is 1. The predicted octanol–water partition coefficient (Wildman–Crippen LogP) is 4.59. The Bertz CT molecular complexity index is 729. The average Bonchev–Trinajstić information content (AvgIpc) is 2.61. The fourth-order valence-corrected chi connectivity index (χ4v) is 1.92. The van der Waals surface area contributed by atoms with E-state index in [-0.39, 0.29) is 11.1 Å². The molecule has 0 bridgehead atoms. The summed E-state index contributed by atoms with van der Waals surface area (Å²) in [5.41, 5.74) is 3.33. The first-order valence-electron chi connectivity index (χ1n) is 8.07. The fourth-order valence-electron chi connectivity index (χ4n) is 1.92. The second-order valence-corrected chi connectivity index (χ2v) is 6.00. The largest absolute Gasteiger partial charge is 0.464 e. The van der Waals surface area contributed by atoms with Gasteiger partial charge in [-0.15, -0.1) is 0 Å². The predicted molar refractivity (Wildman–Crippen MR) is 98.0 cm³/mol. The van der Waals surface area contributed by atoms with Crippen LogP contribution in [0.5, 0.6) is 0 Å². The van der Waals surface area contributed by atoms with Gasteiger partial charge in [-0.3, -0.25) is 0 Å². The molecule has 0 atom stereocenters. The van der Waals surface area contributed by atoms with E-state index in [1.807, 2.05) is 26.0 Å². The Labute approximate surface area is 145 Å². The minimum absolute atomic E-state index is 0.131. The summed E-state index contributed by atoms with van der Waals surface area (Å²) in [6.45, 7) is 10.5. The van der Waals surface area contributed by atoms with Gasteiger partial charge in [0.1, 0.15) is 5.69 Å². The fraction of sp³-hybridized carbons (Fsp3) is 0.333. The van der Waals surface area contributed by atoms with E-state index in [1.54, 1.807) is 18.3 Å². The molecule has 0 radical (unpaired) electrons. The van der Waals surface area contributed by atoms with Gasteiger partial charge in [-0.25, -0.2) is 9.78 Å². The summed E-state index contributed by atoms with van der Waals surface area (Å²) in [7, 11) is 1.33. The van der Waals surface area contributed by atoms with Crippen LogP contribution in [0.1, 0.15) is 61.8 Å². The number of ether oxygens (including phenoxy) is 1. The molecule has 0 spiro atoms. The summed E-state index contributed by atoms with van der Waals surface area (Å²) in [6.07, 6.45) is 1.55. The van der Waals surface area contributed by atoms with Crippen LogP contribution < -0.4 is 0 Å². The van der Waals surface area contributed by atoms with Crippen molar-refractivity contribution in [3.05, 3.63) is 65.0 Å². The maximum absolute atomic E-state index is 11.4. The van der Waals surface area contributed by atoms with Crippen molar-refractivity contribution < 1.29 is 9.53 Å². The van der Waals surface area contributed by atoms with Crippen molar-refractivity contribution in [2.75, 3.05) is 7.11 Å². The number of pyridine rings is 1. The molecule has 0 unspecified atom stereocenters. The SMILES string of the molecule is CC.COC(=O)c1cc(C#Cc2ccc(C(C)(C)C)cc2)ccn1. The van der Waals surface area contributed by atoms with Crippen molar-refractivity contribution in [2.24, 2.45) is 0 Å². The smallest absolute Gasteiger partial charge is 0.356 e. The molecule has 2 aromatic rings. The topological polar surface area (TPSA) is 39.2 Å². The monoisotopic (exact) mass is 323 g/mol. The molecular weight excluding hydrogens is 298 g/mol. The van der Waals surface area contributed by atoms with Crippen LogP contribution >= 0.6 is 0 Å². The molecule has 0 N–H and O–H groups in total. The van der Waals surface area contributed by atoms with E-state index in [0.29, 0.717) is 0 Å². The number of nitrogens with zero attached hydrogens (tertiary/aromatic N) is 1. The van der Waals surface area contributed by atoms with E-state index in [4.69, 9.17) is 0 Å². The van der Waals surface area contributed by atoms with E-state index < -0.39 is 5.97 Å². The summed E-state index contributed by atoms with van der Waals surface area (Å²) in [5.74, 6) is 5.67. The Kier molecular flexibility index (Phi) is 7.20. The number of hydrogen-bond acceptors (Lipinski definition) is 3. The van der Waals surface area contributed by atoms with E-state index in [1.165, 1.54) is 12.7 Å². The zero-order valence-corrected chi connectivity index (χ0v) is 15.3. The second kappa shape index (κ2) is 8.88. The molecule has 1 aromatic heterocycles. The van der Waals surface area contributed by atoms with Crippen LogP contribution in [0.3, 0.4) is 0 Å². The van der Waals surface area contributed by atoms with Crippen LogP contribution in [-0.4, -0.2) is 18.1 Å². The lowest BCUT2D eigenvalue weighted by atomic mass is 9.87. The van der Waals surface area contributed by atoms with Crippen molar-refractivity contribution in [3.8, 4) is 11.8 Å². The highest BCUT2D eigenvalue weighted by Crippen LogP contribution is 2.21. The van der Waals surface area contributed by atoms with E-state index in [0.717, 1.165) is 11.1 Å². The van der Waals surface area contributed by atoms with Crippen molar-refractivity contribution in [2.45, 2.75) is 40.0 Å². The first kappa shape index (κ1) is 19.4. The van der Waals surface area contributed by atoms with Gasteiger partial charge in [0.2, 0.25) is 0 Å². The van der Waals surface area contributed by atoms with Crippen LogP contribution in [0, 0.1) is 11.8 Å². The van der Waals surface area contributed by atoms with Crippen LogP contribution in [0.15, 0.2) is 42.6 Å². The number of carbonyl (C=O) groups is 1. The van der Waals surface area contributed by atoms with Crippen LogP contribution in [0.4, 0.5) is 0 Å². The maximum atomic E-state index is 11.4. The Morgan fingerprint density at radius 3 is 2.12 bits per heavy atom. The third-order valence-electron chi connectivity index (χ3n) is 3.26. The zero-order chi connectivity index (χ0) is 18.2. The number of hydrogen-bond donors (Lipinski definition) is 0. The van der Waals surface area contributed by atoms with E-state index >= 15 is 0 Å². The Morgan fingerprint density at radius 1 is 1.00 bits per heavy atom. The van der Waals surface area contributed by atoms with Gasteiger partial charge < -0.3 is 4.74 Å². The zero-order valence-electron chi connectivity index (χ0n) is 15.3. The highest BCUT2D eigenvalue weighted by Gasteiger charge is 2.12. The summed E-state index contributed by atoms with van der Waals surface area (Å²) in [6, 6.07) is 11.6. The van der Waals surface area contributed by atoms with Crippen molar-refractivity contribution >= 4 is 5.97 Å². The lowest BCUT2D eigenvalue weighted by Gasteiger charge is -2.18.